The van der Waals surface area contributed by atoms with E-state index in [1.54, 1.807) is 6.07 Å². The second kappa shape index (κ2) is 7.61. The first kappa shape index (κ1) is 18.5. The predicted molar refractivity (Wildman–Crippen MR) is 108 cm³/mol. The van der Waals surface area contributed by atoms with Crippen LogP contribution >= 0.6 is 0 Å². The van der Waals surface area contributed by atoms with Crippen molar-refractivity contribution < 1.29 is 9.50 Å². The number of nitrogens with zero attached hydrogens (tertiary/aromatic N) is 4. The molecule has 1 aromatic heterocycles. The van der Waals surface area contributed by atoms with Crippen molar-refractivity contribution >= 4 is 28.7 Å². The summed E-state index contributed by atoms with van der Waals surface area (Å²) < 4.78 is 14.4. The molecule has 3 aromatic rings. The van der Waals surface area contributed by atoms with Gasteiger partial charge in [0.25, 0.3) is 0 Å². The zero-order valence-corrected chi connectivity index (χ0v) is 15.3. The zero-order valence-electron chi connectivity index (χ0n) is 15.3. The Morgan fingerprint density at radius 2 is 2.03 bits per heavy atom. The number of nitrogens with two attached hydrogens (primary N) is 1. The highest BCUT2D eigenvalue weighted by Gasteiger charge is 2.33. The molecule has 146 valence electrons. The second-order valence-electron chi connectivity index (χ2n) is 6.42. The minimum atomic E-state index is -0.474. The third-order valence-corrected chi connectivity index (χ3v) is 4.74. The molecular weight excluding hydrogens is 373 g/mol. The van der Waals surface area contributed by atoms with E-state index in [-0.39, 0.29) is 23.1 Å². The maximum absolute atomic E-state index is 14.4. The largest absolute Gasteiger partial charge is 0.391 e. The van der Waals surface area contributed by atoms with Gasteiger partial charge in [0, 0.05) is 11.3 Å². The molecular formula is C20H18FN7O. The Kier molecular flexibility index (Phi) is 4.85. The van der Waals surface area contributed by atoms with Crippen LogP contribution in [-0.4, -0.2) is 27.8 Å². The average molecular weight is 391 g/mol. The van der Waals surface area contributed by atoms with Gasteiger partial charge in [0.1, 0.15) is 41.6 Å². The molecule has 9 heteroatoms. The molecule has 0 saturated heterocycles. The molecule has 29 heavy (non-hydrogen) atoms. The first-order valence-corrected chi connectivity index (χ1v) is 8.91. The van der Waals surface area contributed by atoms with Crippen molar-refractivity contribution in [3.8, 4) is 6.07 Å². The number of rotatable bonds is 5. The van der Waals surface area contributed by atoms with Crippen molar-refractivity contribution in [2.45, 2.75) is 12.8 Å². The van der Waals surface area contributed by atoms with Crippen molar-refractivity contribution in [1.82, 2.24) is 9.97 Å². The molecule has 0 aliphatic carbocycles. The normalized spacial score (nSPS) is 14.8. The highest BCUT2D eigenvalue weighted by atomic mass is 19.1. The topological polar surface area (TPSA) is 123 Å². The van der Waals surface area contributed by atoms with Gasteiger partial charge in [-0.1, -0.05) is 18.2 Å². The van der Waals surface area contributed by atoms with Gasteiger partial charge >= 0.3 is 0 Å². The SMILES string of the molecule is N#Cc1c(N)ncnc1NCC1Nc2ccc(F)c(CO)c2N1c1ccccc1. The first-order valence-electron chi connectivity index (χ1n) is 8.91. The molecule has 5 N–H and O–H groups in total. The van der Waals surface area contributed by atoms with Crippen LogP contribution in [0.1, 0.15) is 11.1 Å². The van der Waals surface area contributed by atoms with Crippen molar-refractivity contribution in [3.63, 3.8) is 0 Å². The fraction of sp³-hybridized carbons (Fsp3) is 0.150. The van der Waals surface area contributed by atoms with E-state index in [2.05, 4.69) is 20.6 Å². The Morgan fingerprint density at radius 3 is 2.76 bits per heavy atom. The molecule has 4 rings (SSSR count). The number of aliphatic hydroxyl groups excluding tert-OH is 1. The van der Waals surface area contributed by atoms with E-state index in [0.29, 0.717) is 23.7 Å². The number of aromatic nitrogens is 2. The lowest BCUT2D eigenvalue weighted by Gasteiger charge is -2.28. The fourth-order valence-corrected chi connectivity index (χ4v) is 3.43. The molecule has 2 heterocycles. The van der Waals surface area contributed by atoms with Gasteiger partial charge in [-0.15, -0.1) is 0 Å². The number of aliphatic hydroxyl groups is 1. The Hall–Kier alpha value is -3.90. The zero-order chi connectivity index (χ0) is 20.4. The van der Waals surface area contributed by atoms with E-state index in [1.807, 2.05) is 41.3 Å². The number of nitriles is 1. The molecule has 0 bridgehead atoms. The number of hydrogen-bond donors (Lipinski definition) is 4. The summed E-state index contributed by atoms with van der Waals surface area (Å²) in [4.78, 5) is 9.83. The van der Waals surface area contributed by atoms with Crippen LogP contribution < -0.4 is 21.3 Å². The van der Waals surface area contributed by atoms with E-state index >= 15 is 0 Å². The van der Waals surface area contributed by atoms with Gasteiger partial charge in [-0.2, -0.15) is 5.26 Å². The van der Waals surface area contributed by atoms with E-state index in [0.717, 1.165) is 5.69 Å². The van der Waals surface area contributed by atoms with Crippen LogP contribution in [0.25, 0.3) is 0 Å². The van der Waals surface area contributed by atoms with Gasteiger partial charge in [0.05, 0.1) is 24.5 Å². The molecule has 1 atom stereocenters. The lowest BCUT2D eigenvalue weighted by molar-refractivity contribution is 0.276. The molecule has 8 nitrogen and oxygen atoms in total. The number of fused-ring (bicyclic) bond motifs is 1. The smallest absolute Gasteiger partial charge is 0.149 e. The second-order valence-corrected chi connectivity index (χ2v) is 6.42. The maximum Gasteiger partial charge on any atom is 0.149 e. The van der Waals surface area contributed by atoms with E-state index in [4.69, 9.17) is 5.73 Å². The van der Waals surface area contributed by atoms with Crippen molar-refractivity contribution in [2.75, 3.05) is 27.8 Å². The van der Waals surface area contributed by atoms with Gasteiger partial charge in [0.15, 0.2) is 0 Å². The minimum absolute atomic E-state index is 0.0946. The third-order valence-electron chi connectivity index (χ3n) is 4.74. The van der Waals surface area contributed by atoms with Gasteiger partial charge < -0.3 is 26.4 Å². The minimum Gasteiger partial charge on any atom is -0.391 e. The van der Waals surface area contributed by atoms with Gasteiger partial charge in [-0.05, 0) is 24.3 Å². The summed E-state index contributed by atoms with van der Waals surface area (Å²) in [7, 11) is 0. The number of anilines is 5. The molecule has 0 radical (unpaired) electrons. The Labute approximate surface area is 166 Å². The number of halogens is 1. The maximum atomic E-state index is 14.4. The molecule has 1 aliphatic heterocycles. The molecule has 0 fully saturated rings. The summed E-state index contributed by atoms with van der Waals surface area (Å²) in [6, 6.07) is 14.4. The molecule has 0 amide bonds. The lowest BCUT2D eigenvalue weighted by Crippen LogP contribution is -2.38. The summed E-state index contributed by atoms with van der Waals surface area (Å²) in [5.41, 5.74) is 8.23. The van der Waals surface area contributed by atoms with Crippen molar-refractivity contribution in [2.24, 2.45) is 0 Å². The number of nitrogen functional groups attached to an aromatic ring is 1. The first-order chi connectivity index (χ1) is 14.1. The molecule has 0 spiro atoms. The average Bonchev–Trinajstić information content (AvgIpc) is 3.11. The van der Waals surface area contributed by atoms with Crippen LogP contribution in [0.5, 0.6) is 0 Å². The van der Waals surface area contributed by atoms with Gasteiger partial charge in [0.2, 0.25) is 0 Å². The summed E-state index contributed by atoms with van der Waals surface area (Å²) >= 11 is 0. The van der Waals surface area contributed by atoms with Crippen LogP contribution in [0.15, 0.2) is 48.8 Å². The molecule has 2 aromatic carbocycles. The standard InChI is InChI=1S/C20H18FN7O/c21-15-6-7-16-18(14(15)10-29)28(12-4-2-1-3-5-12)17(27-16)9-24-20-13(8-22)19(23)25-11-26-20/h1-7,11,17,27,29H,9-10H2,(H3,23,24,25,26). The van der Waals surface area contributed by atoms with Gasteiger partial charge in [-0.25, -0.2) is 14.4 Å². The third kappa shape index (κ3) is 3.26. The summed E-state index contributed by atoms with van der Waals surface area (Å²) in [6.07, 6.45) is 0.950. The Balaban J connectivity index is 1.70. The fourth-order valence-electron chi connectivity index (χ4n) is 3.43. The highest BCUT2D eigenvalue weighted by Crippen LogP contribution is 2.43. The van der Waals surface area contributed by atoms with Crippen molar-refractivity contribution in [1.29, 1.82) is 5.26 Å². The number of hydrogen-bond acceptors (Lipinski definition) is 8. The van der Waals surface area contributed by atoms with Crippen LogP contribution in [0.2, 0.25) is 0 Å². The van der Waals surface area contributed by atoms with Crippen LogP contribution in [0, 0.1) is 17.1 Å². The van der Waals surface area contributed by atoms with Gasteiger partial charge in [-0.3, -0.25) is 0 Å². The van der Waals surface area contributed by atoms with Crippen LogP contribution in [0.4, 0.5) is 33.1 Å². The molecule has 0 saturated carbocycles. The Morgan fingerprint density at radius 1 is 1.24 bits per heavy atom. The Bertz CT molecular complexity index is 1080. The number of para-hydroxylation sites is 1. The predicted octanol–water partition coefficient (Wildman–Crippen LogP) is 2.56. The molecule has 1 unspecified atom stereocenters. The lowest BCUT2D eigenvalue weighted by atomic mass is 10.1. The highest BCUT2D eigenvalue weighted by molar-refractivity contribution is 5.85. The monoisotopic (exact) mass is 391 g/mol. The number of benzene rings is 2. The number of nitrogens with one attached hydrogen (secondary N) is 2. The summed E-state index contributed by atoms with van der Waals surface area (Å²) in [5, 5.41) is 25.5. The van der Waals surface area contributed by atoms with Crippen LogP contribution in [0.3, 0.4) is 0 Å². The van der Waals surface area contributed by atoms with Crippen molar-refractivity contribution in [3.05, 3.63) is 65.7 Å². The van der Waals surface area contributed by atoms with E-state index in [1.165, 1.54) is 12.4 Å². The van der Waals surface area contributed by atoms with Crippen LogP contribution in [-0.2, 0) is 6.61 Å². The summed E-state index contributed by atoms with van der Waals surface area (Å²) in [5.74, 6) is -0.0607. The molecule has 1 aliphatic rings. The quantitative estimate of drug-likeness (QED) is 0.523. The van der Waals surface area contributed by atoms with E-state index in [9.17, 15) is 14.8 Å². The van der Waals surface area contributed by atoms with E-state index < -0.39 is 12.4 Å². The summed E-state index contributed by atoms with van der Waals surface area (Å²) in [6.45, 7) is -0.109.